The van der Waals surface area contributed by atoms with Gasteiger partial charge in [0.1, 0.15) is 6.04 Å². The first-order valence-electron chi connectivity index (χ1n) is 6.49. The van der Waals surface area contributed by atoms with E-state index in [0.717, 1.165) is 12.8 Å². The summed E-state index contributed by atoms with van der Waals surface area (Å²) in [6.45, 7) is 6.59. The van der Waals surface area contributed by atoms with Crippen molar-refractivity contribution in [3.05, 3.63) is 0 Å². The van der Waals surface area contributed by atoms with Gasteiger partial charge in [-0.15, -0.1) is 0 Å². The maximum atomic E-state index is 12.5. The molecule has 0 aromatic rings. The van der Waals surface area contributed by atoms with E-state index < -0.39 is 0 Å². The third-order valence-corrected chi connectivity index (χ3v) is 3.80. The fourth-order valence-electron chi connectivity index (χ4n) is 2.44. The number of carbonyl (C=O) groups is 2. The van der Waals surface area contributed by atoms with Gasteiger partial charge in [-0.1, -0.05) is 20.8 Å². The van der Waals surface area contributed by atoms with Crippen LogP contribution >= 0.6 is 0 Å². The molecule has 4 heteroatoms. The molecule has 1 aliphatic heterocycles. The molecule has 0 aromatic heterocycles. The molecule has 17 heavy (non-hydrogen) atoms. The number of nitrogens with zero attached hydrogens (tertiary/aromatic N) is 1. The number of rotatable bonds is 1. The summed E-state index contributed by atoms with van der Waals surface area (Å²) in [5.41, 5.74) is -0.223. The molecule has 1 unspecified atom stereocenters. The van der Waals surface area contributed by atoms with E-state index in [1.165, 1.54) is 6.42 Å². The normalized spacial score (nSPS) is 27.5. The van der Waals surface area contributed by atoms with Crippen molar-refractivity contribution in [1.82, 2.24) is 10.2 Å². The Labute approximate surface area is 103 Å². The summed E-state index contributed by atoms with van der Waals surface area (Å²) in [7, 11) is 0. The van der Waals surface area contributed by atoms with Crippen molar-refractivity contribution in [2.75, 3.05) is 6.54 Å². The summed E-state index contributed by atoms with van der Waals surface area (Å²) in [5.74, 6) is 0.105. The molecule has 0 spiro atoms. The molecule has 1 heterocycles. The van der Waals surface area contributed by atoms with Crippen molar-refractivity contribution in [3.63, 3.8) is 0 Å². The fourth-order valence-corrected chi connectivity index (χ4v) is 2.44. The minimum Gasteiger partial charge on any atom is -0.344 e. The van der Waals surface area contributed by atoms with Crippen LogP contribution in [0.25, 0.3) is 0 Å². The highest BCUT2D eigenvalue weighted by Gasteiger charge is 2.41. The highest BCUT2D eigenvalue weighted by Crippen LogP contribution is 2.29. The van der Waals surface area contributed by atoms with Gasteiger partial charge in [-0.05, 0) is 24.7 Å². The summed E-state index contributed by atoms with van der Waals surface area (Å²) in [6, 6.07) is -0.00171. The standard InChI is InChI=1S/C13H22N2O2/c1-13(2,3)11-12(17)15(9-5-4-6-9)8-7-10(16)14-11/h9,11H,4-8H2,1-3H3,(H,14,16). The first kappa shape index (κ1) is 12.4. The lowest BCUT2D eigenvalue weighted by atomic mass is 9.84. The smallest absolute Gasteiger partial charge is 0.245 e. The summed E-state index contributed by atoms with van der Waals surface area (Å²) in [4.78, 5) is 26.1. The van der Waals surface area contributed by atoms with Crippen LogP contribution in [0.15, 0.2) is 0 Å². The van der Waals surface area contributed by atoms with Gasteiger partial charge < -0.3 is 10.2 Å². The third kappa shape index (κ3) is 2.45. The van der Waals surface area contributed by atoms with E-state index in [9.17, 15) is 9.59 Å². The number of hydrogen-bond acceptors (Lipinski definition) is 2. The van der Waals surface area contributed by atoms with Crippen molar-refractivity contribution in [2.45, 2.75) is 58.5 Å². The Kier molecular flexibility index (Phi) is 3.15. The van der Waals surface area contributed by atoms with Crippen LogP contribution in [0.1, 0.15) is 46.5 Å². The van der Waals surface area contributed by atoms with Gasteiger partial charge in [-0.3, -0.25) is 9.59 Å². The highest BCUT2D eigenvalue weighted by molar-refractivity contribution is 5.90. The number of nitrogens with one attached hydrogen (secondary N) is 1. The van der Waals surface area contributed by atoms with E-state index in [1.54, 1.807) is 0 Å². The van der Waals surface area contributed by atoms with Crippen LogP contribution in [-0.4, -0.2) is 35.3 Å². The zero-order valence-electron chi connectivity index (χ0n) is 11.0. The second-order valence-corrected chi connectivity index (χ2v) is 6.23. The molecule has 1 N–H and O–H groups in total. The topological polar surface area (TPSA) is 49.4 Å². The Bertz CT molecular complexity index is 329. The van der Waals surface area contributed by atoms with Gasteiger partial charge in [0.15, 0.2) is 0 Å². The second kappa shape index (κ2) is 4.31. The lowest BCUT2D eigenvalue weighted by Gasteiger charge is -2.40. The van der Waals surface area contributed by atoms with Gasteiger partial charge in [0.05, 0.1) is 0 Å². The quantitative estimate of drug-likeness (QED) is 0.748. The van der Waals surface area contributed by atoms with Crippen molar-refractivity contribution < 1.29 is 9.59 Å². The Morgan fingerprint density at radius 1 is 1.24 bits per heavy atom. The molecule has 2 amide bonds. The van der Waals surface area contributed by atoms with Crippen LogP contribution in [0.2, 0.25) is 0 Å². The minimum atomic E-state index is -0.377. The van der Waals surface area contributed by atoms with Crippen molar-refractivity contribution in [1.29, 1.82) is 0 Å². The maximum absolute atomic E-state index is 12.5. The van der Waals surface area contributed by atoms with Crippen molar-refractivity contribution in [3.8, 4) is 0 Å². The lowest BCUT2D eigenvalue weighted by molar-refractivity contribution is -0.139. The molecule has 0 aromatic carbocycles. The second-order valence-electron chi connectivity index (χ2n) is 6.23. The Hall–Kier alpha value is -1.06. The fraction of sp³-hybridized carbons (Fsp3) is 0.846. The van der Waals surface area contributed by atoms with E-state index in [-0.39, 0.29) is 23.3 Å². The van der Waals surface area contributed by atoms with Crippen molar-refractivity contribution in [2.24, 2.45) is 5.41 Å². The first-order valence-corrected chi connectivity index (χ1v) is 6.49. The average molecular weight is 238 g/mol. The largest absolute Gasteiger partial charge is 0.344 e. The molecule has 0 bridgehead atoms. The van der Waals surface area contributed by atoms with Gasteiger partial charge in [-0.2, -0.15) is 0 Å². The molecular formula is C13H22N2O2. The zero-order chi connectivity index (χ0) is 12.6. The van der Waals surface area contributed by atoms with E-state index >= 15 is 0 Å². The molecule has 1 saturated heterocycles. The SMILES string of the molecule is CC(C)(C)C1NC(=O)CCN(C2CCC2)C1=O. The summed E-state index contributed by atoms with van der Waals surface area (Å²) >= 11 is 0. The molecule has 1 atom stereocenters. The Balaban J connectivity index is 2.19. The van der Waals surface area contributed by atoms with Crippen LogP contribution in [0.5, 0.6) is 0 Å². The van der Waals surface area contributed by atoms with E-state index in [1.807, 2.05) is 25.7 Å². The molecule has 1 saturated carbocycles. The van der Waals surface area contributed by atoms with E-state index in [2.05, 4.69) is 5.32 Å². The predicted octanol–water partition coefficient (Wildman–Crippen LogP) is 1.30. The van der Waals surface area contributed by atoms with Gasteiger partial charge >= 0.3 is 0 Å². The first-order chi connectivity index (χ1) is 7.89. The van der Waals surface area contributed by atoms with Crippen LogP contribution in [0.4, 0.5) is 0 Å². The predicted molar refractivity (Wildman–Crippen MR) is 65.4 cm³/mol. The zero-order valence-corrected chi connectivity index (χ0v) is 11.0. The maximum Gasteiger partial charge on any atom is 0.245 e. The monoisotopic (exact) mass is 238 g/mol. The summed E-state index contributed by atoms with van der Waals surface area (Å²) in [6.07, 6.45) is 3.83. The third-order valence-electron chi connectivity index (χ3n) is 3.80. The van der Waals surface area contributed by atoms with Crippen LogP contribution < -0.4 is 5.32 Å². The Morgan fingerprint density at radius 3 is 2.35 bits per heavy atom. The lowest BCUT2D eigenvalue weighted by Crippen LogP contribution is -2.55. The van der Waals surface area contributed by atoms with Crippen LogP contribution in [-0.2, 0) is 9.59 Å². The van der Waals surface area contributed by atoms with Crippen LogP contribution in [0, 0.1) is 5.41 Å². The van der Waals surface area contributed by atoms with Gasteiger partial charge in [-0.25, -0.2) is 0 Å². The van der Waals surface area contributed by atoms with E-state index in [4.69, 9.17) is 0 Å². The van der Waals surface area contributed by atoms with Gasteiger partial charge in [0.2, 0.25) is 11.8 Å². The number of carbonyl (C=O) groups excluding carboxylic acids is 2. The molecule has 1 aliphatic carbocycles. The number of amides is 2. The molecule has 2 rings (SSSR count). The molecule has 0 radical (unpaired) electrons. The highest BCUT2D eigenvalue weighted by atomic mass is 16.2. The Morgan fingerprint density at radius 2 is 1.88 bits per heavy atom. The molecule has 4 nitrogen and oxygen atoms in total. The molecule has 96 valence electrons. The molecule has 2 aliphatic rings. The van der Waals surface area contributed by atoms with Gasteiger partial charge in [0.25, 0.3) is 0 Å². The van der Waals surface area contributed by atoms with Gasteiger partial charge in [0, 0.05) is 19.0 Å². The molecule has 2 fully saturated rings. The summed E-state index contributed by atoms with van der Waals surface area (Å²) < 4.78 is 0. The van der Waals surface area contributed by atoms with E-state index in [0.29, 0.717) is 19.0 Å². The van der Waals surface area contributed by atoms with Crippen LogP contribution in [0.3, 0.4) is 0 Å². The minimum absolute atomic E-state index is 0.0000912. The van der Waals surface area contributed by atoms with Crippen molar-refractivity contribution >= 4 is 11.8 Å². The molecular weight excluding hydrogens is 216 g/mol. The summed E-state index contributed by atoms with van der Waals surface area (Å²) in [5, 5.41) is 2.87. The average Bonchev–Trinajstić information content (AvgIpc) is 2.26. The number of hydrogen-bond donors (Lipinski definition) is 1.